The normalized spacial score (nSPS) is 10.9. The second kappa shape index (κ2) is 5.64. The maximum absolute atomic E-state index is 13.6. The topological polar surface area (TPSA) is 55.0 Å². The monoisotopic (exact) mass is 234 g/mol. The molecular weight excluding hydrogens is 221 g/mol. The summed E-state index contributed by atoms with van der Waals surface area (Å²) < 4.78 is 38.1. The van der Waals surface area contributed by atoms with Gasteiger partial charge in [0.2, 0.25) is 0 Å². The molecule has 0 aliphatic carbocycles. The minimum atomic E-state index is -2.57. The van der Waals surface area contributed by atoms with Crippen LogP contribution in [0.3, 0.4) is 0 Å². The molecule has 0 atom stereocenters. The van der Waals surface area contributed by atoms with Gasteiger partial charge < -0.3 is 10.6 Å². The van der Waals surface area contributed by atoms with Gasteiger partial charge in [-0.05, 0) is 6.92 Å². The number of anilines is 1. The molecule has 2 N–H and O–H groups in total. The molecule has 1 aromatic heterocycles. The van der Waals surface area contributed by atoms with E-state index in [1.54, 1.807) is 0 Å². The standard InChI is InChI=1S/C9H13F3N4/c1-6-8(12)9(15-5-14-6)16(3-2-13)4-7(10)11/h5,7H,2-4,13H2,1H3. The van der Waals surface area contributed by atoms with Crippen LogP contribution < -0.4 is 10.6 Å². The Bertz CT molecular complexity index is 346. The van der Waals surface area contributed by atoms with E-state index >= 15 is 0 Å². The van der Waals surface area contributed by atoms with Crippen LogP contribution in [-0.2, 0) is 0 Å². The van der Waals surface area contributed by atoms with Crippen LogP contribution in [0.15, 0.2) is 6.33 Å². The van der Waals surface area contributed by atoms with E-state index in [4.69, 9.17) is 5.73 Å². The Morgan fingerprint density at radius 2 is 2.12 bits per heavy atom. The fourth-order valence-corrected chi connectivity index (χ4v) is 1.27. The first-order valence-corrected chi connectivity index (χ1v) is 4.76. The Balaban J connectivity index is 2.96. The van der Waals surface area contributed by atoms with Gasteiger partial charge in [0, 0.05) is 13.1 Å². The zero-order valence-electron chi connectivity index (χ0n) is 8.83. The number of aromatic nitrogens is 2. The third-order valence-corrected chi connectivity index (χ3v) is 2.00. The number of rotatable bonds is 5. The third kappa shape index (κ3) is 3.06. The molecule has 16 heavy (non-hydrogen) atoms. The maximum atomic E-state index is 13.6. The molecule has 0 saturated carbocycles. The lowest BCUT2D eigenvalue weighted by Gasteiger charge is -2.22. The summed E-state index contributed by atoms with van der Waals surface area (Å²) in [4.78, 5) is 8.41. The quantitative estimate of drug-likeness (QED) is 0.824. The number of hydrogen-bond donors (Lipinski definition) is 1. The number of nitrogens with two attached hydrogens (primary N) is 1. The molecule has 4 nitrogen and oxygen atoms in total. The molecule has 0 spiro atoms. The molecule has 7 heteroatoms. The molecule has 1 rings (SSSR count). The van der Waals surface area contributed by atoms with Gasteiger partial charge in [0.1, 0.15) is 6.33 Å². The van der Waals surface area contributed by atoms with Gasteiger partial charge in [0.25, 0.3) is 6.43 Å². The van der Waals surface area contributed by atoms with E-state index in [-0.39, 0.29) is 24.6 Å². The van der Waals surface area contributed by atoms with E-state index in [9.17, 15) is 13.2 Å². The van der Waals surface area contributed by atoms with Crippen molar-refractivity contribution in [3.05, 3.63) is 17.8 Å². The Labute approximate surface area is 91.3 Å². The van der Waals surface area contributed by atoms with Crippen LogP contribution in [0.4, 0.5) is 19.0 Å². The van der Waals surface area contributed by atoms with Gasteiger partial charge in [-0.25, -0.2) is 23.1 Å². The third-order valence-electron chi connectivity index (χ3n) is 2.00. The highest BCUT2D eigenvalue weighted by atomic mass is 19.3. The van der Waals surface area contributed by atoms with Crippen molar-refractivity contribution in [2.45, 2.75) is 13.3 Å². The Morgan fingerprint density at radius 3 is 2.69 bits per heavy atom. The average molecular weight is 234 g/mol. The van der Waals surface area contributed by atoms with Crippen molar-refractivity contribution < 1.29 is 13.2 Å². The predicted molar refractivity (Wildman–Crippen MR) is 54.0 cm³/mol. The van der Waals surface area contributed by atoms with Gasteiger partial charge in [-0.3, -0.25) is 0 Å². The van der Waals surface area contributed by atoms with E-state index in [2.05, 4.69) is 9.97 Å². The van der Waals surface area contributed by atoms with Crippen molar-refractivity contribution in [3.8, 4) is 0 Å². The minimum absolute atomic E-state index is 0.123. The van der Waals surface area contributed by atoms with Crippen LogP contribution in [0.5, 0.6) is 0 Å². The van der Waals surface area contributed by atoms with Gasteiger partial charge in [-0.1, -0.05) is 0 Å². The highest BCUT2D eigenvalue weighted by Crippen LogP contribution is 2.17. The minimum Gasteiger partial charge on any atom is -0.347 e. The zero-order chi connectivity index (χ0) is 12.1. The fraction of sp³-hybridized carbons (Fsp3) is 0.556. The number of alkyl halides is 2. The van der Waals surface area contributed by atoms with Crippen molar-refractivity contribution in [1.29, 1.82) is 0 Å². The SMILES string of the molecule is Cc1ncnc(N(CCN)CC(F)F)c1F. The van der Waals surface area contributed by atoms with Crippen molar-refractivity contribution in [1.82, 2.24) is 9.97 Å². The molecule has 0 aliphatic heterocycles. The van der Waals surface area contributed by atoms with E-state index in [1.807, 2.05) is 0 Å². The van der Waals surface area contributed by atoms with Crippen LogP contribution in [0.25, 0.3) is 0 Å². The Kier molecular flexibility index (Phi) is 4.48. The van der Waals surface area contributed by atoms with Crippen molar-refractivity contribution in [2.75, 3.05) is 24.5 Å². The lowest BCUT2D eigenvalue weighted by atomic mass is 10.3. The number of hydrogen-bond acceptors (Lipinski definition) is 4. The summed E-state index contributed by atoms with van der Waals surface area (Å²) in [5.41, 5.74) is 5.40. The highest BCUT2D eigenvalue weighted by Gasteiger charge is 2.18. The second-order valence-electron chi connectivity index (χ2n) is 3.22. The Morgan fingerprint density at radius 1 is 1.44 bits per heavy atom. The summed E-state index contributed by atoms with van der Waals surface area (Å²) in [6.07, 6.45) is -1.43. The molecule has 0 unspecified atom stereocenters. The molecule has 0 fully saturated rings. The van der Waals surface area contributed by atoms with Crippen molar-refractivity contribution in [2.24, 2.45) is 5.73 Å². The van der Waals surface area contributed by atoms with Crippen LogP contribution in [-0.4, -0.2) is 36.0 Å². The Hall–Kier alpha value is -1.37. The summed E-state index contributed by atoms with van der Waals surface area (Å²) in [5, 5.41) is 0. The lowest BCUT2D eigenvalue weighted by molar-refractivity contribution is 0.154. The largest absolute Gasteiger partial charge is 0.347 e. The highest BCUT2D eigenvalue weighted by molar-refractivity contribution is 5.40. The van der Waals surface area contributed by atoms with Gasteiger partial charge >= 0.3 is 0 Å². The second-order valence-corrected chi connectivity index (χ2v) is 3.22. The first-order valence-electron chi connectivity index (χ1n) is 4.76. The molecule has 0 radical (unpaired) electrons. The van der Waals surface area contributed by atoms with E-state index in [0.29, 0.717) is 0 Å². The maximum Gasteiger partial charge on any atom is 0.255 e. The number of aryl methyl sites for hydroxylation is 1. The van der Waals surface area contributed by atoms with E-state index in [1.165, 1.54) is 6.92 Å². The molecule has 90 valence electrons. The van der Waals surface area contributed by atoms with Crippen LogP contribution in [0.1, 0.15) is 5.69 Å². The van der Waals surface area contributed by atoms with Crippen LogP contribution in [0, 0.1) is 12.7 Å². The summed E-state index contributed by atoms with van der Waals surface area (Å²) in [5.74, 6) is -0.810. The lowest BCUT2D eigenvalue weighted by Crippen LogP contribution is -2.35. The fourth-order valence-electron chi connectivity index (χ4n) is 1.27. The summed E-state index contributed by atoms with van der Waals surface area (Å²) in [6.45, 7) is 1.13. The predicted octanol–water partition coefficient (Wildman–Crippen LogP) is 0.954. The number of halogens is 3. The molecule has 0 aromatic carbocycles. The smallest absolute Gasteiger partial charge is 0.255 e. The molecule has 0 amide bonds. The van der Waals surface area contributed by atoms with Gasteiger partial charge in [-0.2, -0.15) is 0 Å². The van der Waals surface area contributed by atoms with E-state index in [0.717, 1.165) is 11.2 Å². The summed E-state index contributed by atoms with van der Waals surface area (Å²) >= 11 is 0. The first-order chi connectivity index (χ1) is 7.56. The summed E-state index contributed by atoms with van der Waals surface area (Å²) in [7, 11) is 0. The average Bonchev–Trinajstić information content (AvgIpc) is 2.21. The molecule has 0 bridgehead atoms. The van der Waals surface area contributed by atoms with Crippen LogP contribution in [0.2, 0.25) is 0 Å². The molecule has 0 aliphatic rings. The summed E-state index contributed by atoms with van der Waals surface area (Å²) in [6, 6.07) is 0. The molecule has 0 saturated heterocycles. The molecular formula is C9H13F3N4. The van der Waals surface area contributed by atoms with E-state index < -0.39 is 18.8 Å². The van der Waals surface area contributed by atoms with Crippen LogP contribution >= 0.6 is 0 Å². The zero-order valence-corrected chi connectivity index (χ0v) is 8.83. The number of nitrogens with zero attached hydrogens (tertiary/aromatic N) is 3. The van der Waals surface area contributed by atoms with Gasteiger partial charge in [0.15, 0.2) is 11.6 Å². The first kappa shape index (κ1) is 12.7. The van der Waals surface area contributed by atoms with Gasteiger partial charge in [-0.15, -0.1) is 0 Å². The molecule has 1 heterocycles. The van der Waals surface area contributed by atoms with Gasteiger partial charge in [0.05, 0.1) is 12.2 Å². The molecule has 1 aromatic rings. The van der Waals surface area contributed by atoms with Crippen molar-refractivity contribution >= 4 is 5.82 Å². The van der Waals surface area contributed by atoms with Crippen molar-refractivity contribution in [3.63, 3.8) is 0 Å².